The molecule has 2 heterocycles. The lowest BCUT2D eigenvalue weighted by Gasteiger charge is -2.16. The predicted octanol–water partition coefficient (Wildman–Crippen LogP) is 2.26. The smallest absolute Gasteiger partial charge is 0.0843 e. The monoisotopic (exact) mass is 232 g/mol. The summed E-state index contributed by atoms with van der Waals surface area (Å²) in [5.74, 6) is 1.28. The Balaban J connectivity index is 1.80. The standard InChI is InChI=1S/C13H16N2S/c1-2-11-6-10(3-4-13(11)16-5-1)7-12-8-14-9-15-12/h3-4,6,8,14-15H,1-2,5,7,9H2. The van der Waals surface area contributed by atoms with Gasteiger partial charge in [0.1, 0.15) is 0 Å². The Kier molecular flexibility index (Phi) is 2.79. The molecule has 0 saturated carbocycles. The van der Waals surface area contributed by atoms with Crippen molar-refractivity contribution in [3.8, 4) is 0 Å². The van der Waals surface area contributed by atoms with Gasteiger partial charge in [0.2, 0.25) is 0 Å². The molecule has 0 amide bonds. The Bertz CT molecular complexity index is 426. The average molecular weight is 232 g/mol. The van der Waals surface area contributed by atoms with E-state index in [2.05, 4.69) is 35.0 Å². The maximum Gasteiger partial charge on any atom is 0.0843 e. The molecule has 0 fully saturated rings. The number of aryl methyl sites for hydroxylation is 1. The number of fused-ring (bicyclic) bond motifs is 1. The molecule has 2 aliphatic heterocycles. The summed E-state index contributed by atoms with van der Waals surface area (Å²) in [6, 6.07) is 6.93. The van der Waals surface area contributed by atoms with Crippen LogP contribution in [0.25, 0.3) is 0 Å². The topological polar surface area (TPSA) is 24.1 Å². The van der Waals surface area contributed by atoms with E-state index in [1.165, 1.54) is 34.8 Å². The second kappa shape index (κ2) is 4.42. The molecular weight excluding hydrogens is 216 g/mol. The molecule has 2 nitrogen and oxygen atoms in total. The number of benzene rings is 1. The van der Waals surface area contributed by atoms with Gasteiger partial charge in [0.25, 0.3) is 0 Å². The highest BCUT2D eigenvalue weighted by Gasteiger charge is 2.11. The van der Waals surface area contributed by atoms with E-state index < -0.39 is 0 Å². The molecule has 0 aliphatic carbocycles. The molecule has 0 saturated heterocycles. The minimum absolute atomic E-state index is 0.871. The number of hydrogen-bond donors (Lipinski definition) is 2. The Morgan fingerprint density at radius 2 is 2.31 bits per heavy atom. The van der Waals surface area contributed by atoms with E-state index in [-0.39, 0.29) is 0 Å². The van der Waals surface area contributed by atoms with Crippen molar-refractivity contribution in [2.45, 2.75) is 24.2 Å². The van der Waals surface area contributed by atoms with E-state index in [4.69, 9.17) is 0 Å². The largest absolute Gasteiger partial charge is 0.372 e. The molecule has 3 heteroatoms. The molecule has 84 valence electrons. The highest BCUT2D eigenvalue weighted by molar-refractivity contribution is 7.99. The van der Waals surface area contributed by atoms with Gasteiger partial charge in [-0.3, -0.25) is 0 Å². The van der Waals surface area contributed by atoms with E-state index in [1.54, 1.807) is 5.56 Å². The third-order valence-electron chi connectivity index (χ3n) is 3.06. The second-order valence-corrected chi connectivity index (χ2v) is 5.43. The first-order valence-corrected chi connectivity index (χ1v) is 6.81. The lowest BCUT2D eigenvalue weighted by Crippen LogP contribution is -2.15. The summed E-state index contributed by atoms with van der Waals surface area (Å²) in [6.07, 6.45) is 5.67. The molecule has 0 unspecified atom stereocenters. The van der Waals surface area contributed by atoms with Crippen LogP contribution in [0.3, 0.4) is 0 Å². The van der Waals surface area contributed by atoms with Gasteiger partial charge in [-0.15, -0.1) is 11.8 Å². The van der Waals surface area contributed by atoms with Crippen LogP contribution >= 0.6 is 11.8 Å². The molecule has 0 bridgehead atoms. The number of thioether (sulfide) groups is 1. The van der Waals surface area contributed by atoms with Gasteiger partial charge in [-0.1, -0.05) is 12.1 Å². The lowest BCUT2D eigenvalue weighted by atomic mass is 10.0. The van der Waals surface area contributed by atoms with Crippen molar-refractivity contribution in [1.29, 1.82) is 0 Å². The highest BCUT2D eigenvalue weighted by Crippen LogP contribution is 2.30. The lowest BCUT2D eigenvalue weighted by molar-refractivity contribution is 0.796. The van der Waals surface area contributed by atoms with Crippen molar-refractivity contribution in [3.05, 3.63) is 41.2 Å². The van der Waals surface area contributed by atoms with Crippen molar-refractivity contribution in [2.75, 3.05) is 12.4 Å². The van der Waals surface area contributed by atoms with Crippen molar-refractivity contribution in [3.63, 3.8) is 0 Å². The molecule has 16 heavy (non-hydrogen) atoms. The molecule has 1 aromatic carbocycles. The fourth-order valence-electron chi connectivity index (χ4n) is 2.25. The summed E-state index contributed by atoms with van der Waals surface area (Å²) < 4.78 is 0. The van der Waals surface area contributed by atoms with E-state index in [0.29, 0.717) is 0 Å². The van der Waals surface area contributed by atoms with Crippen LogP contribution < -0.4 is 10.6 Å². The number of allylic oxidation sites excluding steroid dienone is 1. The van der Waals surface area contributed by atoms with Gasteiger partial charge in [0, 0.05) is 23.2 Å². The zero-order valence-electron chi connectivity index (χ0n) is 9.25. The molecular formula is C13H16N2S. The van der Waals surface area contributed by atoms with Crippen LogP contribution in [0.1, 0.15) is 17.5 Å². The van der Waals surface area contributed by atoms with Crippen LogP contribution in [0.15, 0.2) is 35.0 Å². The SMILES string of the molecule is C1=C(Cc2ccc3c(c2)CCCS3)NCN1. The predicted molar refractivity (Wildman–Crippen MR) is 68.4 cm³/mol. The van der Waals surface area contributed by atoms with Gasteiger partial charge in [-0.25, -0.2) is 0 Å². The average Bonchev–Trinajstić information content (AvgIpc) is 2.82. The van der Waals surface area contributed by atoms with Gasteiger partial charge in [0.05, 0.1) is 6.67 Å². The minimum atomic E-state index is 0.871. The maximum absolute atomic E-state index is 3.33. The molecule has 3 rings (SSSR count). The van der Waals surface area contributed by atoms with Gasteiger partial charge >= 0.3 is 0 Å². The number of hydrogen-bond acceptors (Lipinski definition) is 3. The molecule has 0 atom stereocenters. The molecule has 0 radical (unpaired) electrons. The molecule has 0 spiro atoms. The van der Waals surface area contributed by atoms with Gasteiger partial charge in [0.15, 0.2) is 0 Å². The third-order valence-corrected chi connectivity index (χ3v) is 4.26. The molecule has 0 aromatic heterocycles. The summed E-state index contributed by atoms with van der Waals surface area (Å²) in [5.41, 5.74) is 4.26. The Morgan fingerprint density at radius 3 is 3.19 bits per heavy atom. The Labute approximate surface area is 101 Å². The second-order valence-electron chi connectivity index (χ2n) is 4.30. The number of nitrogens with one attached hydrogen (secondary N) is 2. The summed E-state index contributed by atoms with van der Waals surface area (Å²) in [7, 11) is 0. The molecule has 2 N–H and O–H groups in total. The van der Waals surface area contributed by atoms with Crippen LogP contribution in [-0.4, -0.2) is 12.4 Å². The number of rotatable bonds is 2. The summed E-state index contributed by atoms with van der Waals surface area (Å²) >= 11 is 2.00. The van der Waals surface area contributed by atoms with Crippen molar-refractivity contribution in [1.82, 2.24) is 10.6 Å². The van der Waals surface area contributed by atoms with Crippen LogP contribution in [0.5, 0.6) is 0 Å². The van der Waals surface area contributed by atoms with Gasteiger partial charge in [-0.2, -0.15) is 0 Å². The third kappa shape index (κ3) is 2.05. The first-order chi connectivity index (χ1) is 7.92. The van der Waals surface area contributed by atoms with E-state index in [0.717, 1.165) is 13.1 Å². The first kappa shape index (κ1) is 10.1. The Morgan fingerprint density at radius 1 is 1.31 bits per heavy atom. The van der Waals surface area contributed by atoms with Crippen molar-refractivity contribution < 1.29 is 0 Å². The fraction of sp³-hybridized carbons (Fsp3) is 0.385. The highest BCUT2D eigenvalue weighted by atomic mass is 32.2. The van der Waals surface area contributed by atoms with E-state index in [9.17, 15) is 0 Å². The van der Waals surface area contributed by atoms with E-state index in [1.807, 2.05) is 11.8 Å². The van der Waals surface area contributed by atoms with Crippen LogP contribution in [0.4, 0.5) is 0 Å². The zero-order chi connectivity index (χ0) is 10.8. The van der Waals surface area contributed by atoms with Crippen molar-refractivity contribution in [2.24, 2.45) is 0 Å². The van der Waals surface area contributed by atoms with Crippen LogP contribution in [0.2, 0.25) is 0 Å². The first-order valence-electron chi connectivity index (χ1n) is 5.83. The minimum Gasteiger partial charge on any atom is -0.372 e. The normalized spacial score (nSPS) is 18.4. The van der Waals surface area contributed by atoms with Gasteiger partial charge in [-0.05, 0) is 35.8 Å². The van der Waals surface area contributed by atoms with Gasteiger partial charge < -0.3 is 10.6 Å². The maximum atomic E-state index is 3.33. The van der Waals surface area contributed by atoms with Crippen LogP contribution in [-0.2, 0) is 12.8 Å². The van der Waals surface area contributed by atoms with E-state index >= 15 is 0 Å². The molecule has 2 aliphatic rings. The quantitative estimate of drug-likeness (QED) is 0.818. The fourth-order valence-corrected chi connectivity index (χ4v) is 3.27. The molecule has 1 aromatic rings. The summed E-state index contributed by atoms with van der Waals surface area (Å²) in [5, 5.41) is 6.51. The zero-order valence-corrected chi connectivity index (χ0v) is 10.1. The summed E-state index contributed by atoms with van der Waals surface area (Å²) in [4.78, 5) is 1.49. The Hall–Kier alpha value is -1.09. The summed E-state index contributed by atoms with van der Waals surface area (Å²) in [6.45, 7) is 0.871. The van der Waals surface area contributed by atoms with Crippen molar-refractivity contribution >= 4 is 11.8 Å². The van der Waals surface area contributed by atoms with Crippen LogP contribution in [0, 0.1) is 0 Å².